The first kappa shape index (κ1) is 33.8. The Labute approximate surface area is 238 Å². The van der Waals surface area contributed by atoms with E-state index in [0.717, 1.165) is 26.1 Å². The predicted molar refractivity (Wildman–Crippen MR) is 133 cm³/mol. The van der Waals surface area contributed by atoms with E-state index in [1.54, 1.807) is 0 Å². The molecule has 1 unspecified atom stereocenters. The highest BCUT2D eigenvalue weighted by atomic mass is 79.9. The number of carbonyl (C=O) groups is 2. The van der Waals surface area contributed by atoms with E-state index in [9.17, 15) is 53.5 Å². The molecule has 2 aromatic rings. The zero-order valence-corrected chi connectivity index (χ0v) is 23.6. The quantitative estimate of drug-likeness (QED) is 0.202. The van der Waals surface area contributed by atoms with Crippen molar-refractivity contribution >= 4 is 49.4 Å². The molecule has 0 fully saturated rings. The van der Waals surface area contributed by atoms with Crippen molar-refractivity contribution in [3.63, 3.8) is 0 Å². The van der Waals surface area contributed by atoms with E-state index < -0.39 is 83.1 Å². The maximum Gasteiger partial charge on any atom is 0.417 e. The van der Waals surface area contributed by atoms with Crippen molar-refractivity contribution in [2.24, 2.45) is 5.92 Å². The fraction of sp³-hybridized carbons (Fsp3) is 0.360. The smallest absolute Gasteiger partial charge is 0.336 e. The van der Waals surface area contributed by atoms with Gasteiger partial charge < -0.3 is 4.90 Å². The van der Waals surface area contributed by atoms with Crippen LogP contribution in [0.3, 0.4) is 0 Å². The van der Waals surface area contributed by atoms with Crippen molar-refractivity contribution < 1.29 is 53.5 Å². The number of nitrogens with zero attached hydrogens (tertiary/aromatic N) is 1. The molecule has 2 rings (SSSR count). The van der Waals surface area contributed by atoms with Gasteiger partial charge in [0.05, 0.1) is 5.56 Å². The van der Waals surface area contributed by atoms with Crippen LogP contribution in [0.2, 0.25) is 0 Å². The predicted octanol–water partition coefficient (Wildman–Crippen LogP) is 9.12. The molecule has 40 heavy (non-hydrogen) atoms. The van der Waals surface area contributed by atoms with E-state index in [0.29, 0.717) is 16.6 Å². The summed E-state index contributed by atoms with van der Waals surface area (Å²) in [6.45, 7) is -0.594. The first-order chi connectivity index (χ1) is 18.1. The van der Waals surface area contributed by atoms with Crippen LogP contribution in [-0.4, -0.2) is 42.5 Å². The van der Waals surface area contributed by atoms with Crippen LogP contribution in [0.5, 0.6) is 0 Å². The number of Topliss-reactive ketones (excluding diaryl/α,β-unsaturated/α-hetero) is 1. The largest absolute Gasteiger partial charge is 0.417 e. The summed E-state index contributed by atoms with van der Waals surface area (Å²) < 4.78 is 136. The third-order valence-corrected chi connectivity index (χ3v) is 7.46. The molecule has 0 bridgehead atoms. The molecule has 0 aliphatic heterocycles. The fourth-order valence-electron chi connectivity index (χ4n) is 3.70. The number of benzene rings is 2. The van der Waals surface area contributed by atoms with E-state index >= 15 is 0 Å². The molecular weight excluding hydrogens is 696 g/mol. The van der Waals surface area contributed by atoms with Crippen LogP contribution in [0.4, 0.5) is 43.9 Å². The summed E-state index contributed by atoms with van der Waals surface area (Å²) in [5, 5.41) is 0. The number of ketones is 1. The Bertz CT molecular complexity index is 1290. The topological polar surface area (TPSA) is 37.4 Å². The number of rotatable bonds is 8. The Morgan fingerprint density at radius 3 is 2.02 bits per heavy atom. The van der Waals surface area contributed by atoms with Gasteiger partial charge in [-0.2, -0.15) is 39.5 Å². The van der Waals surface area contributed by atoms with Crippen molar-refractivity contribution in [3.05, 3.63) is 73.7 Å². The highest BCUT2D eigenvalue weighted by Crippen LogP contribution is 2.41. The Hall–Kier alpha value is -2.42. The minimum absolute atomic E-state index is 0.101. The minimum Gasteiger partial charge on any atom is -0.336 e. The van der Waals surface area contributed by atoms with Gasteiger partial charge in [-0.05, 0) is 61.7 Å². The van der Waals surface area contributed by atoms with Crippen LogP contribution in [0.15, 0.2) is 51.4 Å². The van der Waals surface area contributed by atoms with Crippen LogP contribution in [-0.2, 0) is 11.0 Å². The summed E-state index contributed by atoms with van der Waals surface area (Å²) in [6, 6.07) is 4.74. The Balaban J connectivity index is 2.44. The number of amides is 1. The highest BCUT2D eigenvalue weighted by molar-refractivity contribution is 9.13. The summed E-state index contributed by atoms with van der Waals surface area (Å²) in [6.07, 6.45) is -15.8. The van der Waals surface area contributed by atoms with Crippen molar-refractivity contribution in [1.29, 1.82) is 0 Å². The molecule has 0 aliphatic carbocycles. The molecule has 1 amide bonds. The number of alkyl halides is 9. The van der Waals surface area contributed by atoms with Crippen molar-refractivity contribution in [2.75, 3.05) is 13.6 Å². The van der Waals surface area contributed by atoms with Gasteiger partial charge in [-0.1, -0.05) is 25.1 Å². The monoisotopic (exact) mass is 713 g/mol. The van der Waals surface area contributed by atoms with E-state index in [4.69, 9.17) is 0 Å². The van der Waals surface area contributed by atoms with Gasteiger partial charge >= 0.3 is 18.5 Å². The zero-order valence-electron chi connectivity index (χ0n) is 20.4. The van der Waals surface area contributed by atoms with Gasteiger partial charge in [0, 0.05) is 39.5 Å². The maximum absolute atomic E-state index is 15.0. The van der Waals surface area contributed by atoms with E-state index in [1.807, 2.05) is 0 Å². The minimum atomic E-state index is -5.26. The van der Waals surface area contributed by atoms with Crippen LogP contribution >= 0.6 is 31.9 Å². The van der Waals surface area contributed by atoms with Crippen LogP contribution in [0.25, 0.3) is 5.83 Å². The molecule has 2 atom stereocenters. The average Bonchev–Trinajstić information content (AvgIpc) is 2.80. The van der Waals surface area contributed by atoms with Gasteiger partial charge in [0.2, 0.25) is 5.91 Å². The molecule has 0 saturated heterocycles. The first-order valence-electron chi connectivity index (χ1n) is 11.1. The van der Waals surface area contributed by atoms with Gasteiger partial charge in [0.15, 0.2) is 5.78 Å². The van der Waals surface area contributed by atoms with Crippen LogP contribution < -0.4 is 0 Å². The second kappa shape index (κ2) is 12.6. The van der Waals surface area contributed by atoms with Gasteiger partial charge in [0.1, 0.15) is 18.3 Å². The van der Waals surface area contributed by atoms with Crippen LogP contribution in [0.1, 0.15) is 46.3 Å². The van der Waals surface area contributed by atoms with Gasteiger partial charge in [-0.25, -0.2) is 4.39 Å². The van der Waals surface area contributed by atoms with E-state index in [-0.39, 0.29) is 21.5 Å². The third kappa shape index (κ3) is 9.05. The molecule has 0 aliphatic rings. The Morgan fingerprint density at radius 1 is 0.925 bits per heavy atom. The van der Waals surface area contributed by atoms with Crippen molar-refractivity contribution in [1.82, 2.24) is 4.90 Å². The molecule has 0 saturated carbocycles. The molecule has 0 spiro atoms. The molecular formula is C25H19Br2F10NO2. The van der Waals surface area contributed by atoms with E-state index in [1.165, 1.54) is 6.07 Å². The van der Waals surface area contributed by atoms with E-state index in [2.05, 4.69) is 31.9 Å². The molecule has 0 radical (unpaired) electrons. The summed E-state index contributed by atoms with van der Waals surface area (Å²) in [7, 11) is 0.809. The molecule has 15 heteroatoms. The van der Waals surface area contributed by atoms with Crippen LogP contribution in [0, 0.1) is 5.92 Å². The number of halogens is 12. The van der Waals surface area contributed by atoms with Crippen molar-refractivity contribution in [2.45, 2.75) is 37.8 Å². The van der Waals surface area contributed by atoms with Gasteiger partial charge in [-0.3, -0.25) is 9.59 Å². The standard InChI is InChI=1S/C25H19Br2F10NO2/c1-12(22(40)38(2)11-23(29,30)31)7-21(39)15-5-3-14(8-17(15)25(35,36)37)20(28)10-16(24(32,33)34)13-4-6-18(26)19(27)9-13/h3-6,8-10,12,16H,7,11H2,1-2H3/b20-10-/t12-,16?/m0/s1. The van der Waals surface area contributed by atoms with Crippen molar-refractivity contribution in [3.8, 4) is 0 Å². The summed E-state index contributed by atoms with van der Waals surface area (Å²) >= 11 is 6.12. The summed E-state index contributed by atoms with van der Waals surface area (Å²) in [5.74, 6) is -8.05. The average molecular weight is 715 g/mol. The molecule has 3 nitrogen and oxygen atoms in total. The highest BCUT2D eigenvalue weighted by Gasteiger charge is 2.41. The lowest BCUT2D eigenvalue weighted by molar-refractivity contribution is -0.160. The second-order valence-corrected chi connectivity index (χ2v) is 10.5. The molecule has 0 heterocycles. The molecule has 2 aromatic carbocycles. The Kier molecular flexibility index (Phi) is 10.7. The third-order valence-electron chi connectivity index (χ3n) is 5.58. The first-order valence-corrected chi connectivity index (χ1v) is 12.7. The normalized spacial score (nSPS) is 14.6. The number of hydrogen-bond donors (Lipinski definition) is 0. The lowest BCUT2D eigenvalue weighted by atomic mass is 9.92. The fourth-order valence-corrected chi connectivity index (χ4v) is 4.34. The number of hydrogen-bond acceptors (Lipinski definition) is 2. The number of allylic oxidation sites excluding steroid dienone is 1. The molecule has 0 N–H and O–H groups in total. The maximum atomic E-state index is 15.0. The molecule has 0 aromatic heterocycles. The summed E-state index contributed by atoms with van der Waals surface area (Å²) in [4.78, 5) is 25.0. The lowest BCUT2D eigenvalue weighted by Gasteiger charge is -2.22. The molecule has 220 valence electrons. The zero-order chi connectivity index (χ0) is 30.8. The van der Waals surface area contributed by atoms with Gasteiger partial charge in [-0.15, -0.1) is 0 Å². The number of carbonyl (C=O) groups excluding carboxylic acids is 2. The second-order valence-electron chi connectivity index (χ2n) is 8.80. The Morgan fingerprint density at radius 2 is 1.52 bits per heavy atom. The summed E-state index contributed by atoms with van der Waals surface area (Å²) in [5.41, 5.74) is -4.01. The lowest BCUT2D eigenvalue weighted by Crippen LogP contribution is -2.39. The SMILES string of the molecule is C[C@@H](CC(=O)c1ccc(/C(F)=C/C(c2ccc(Br)c(Br)c2)C(F)(F)F)cc1C(F)(F)F)C(=O)N(C)CC(F)(F)F. The van der Waals surface area contributed by atoms with Gasteiger partial charge in [0.25, 0.3) is 0 Å².